The molecule has 2 aromatic heterocycles. The summed E-state index contributed by atoms with van der Waals surface area (Å²) >= 11 is 1.14. The number of pyridine rings is 1. The Bertz CT molecular complexity index is 630. The van der Waals surface area contributed by atoms with Gasteiger partial charge in [-0.3, -0.25) is 0 Å². The largest absolute Gasteiger partial charge is 0.478 e. The minimum absolute atomic E-state index is 0.198. The SMILES string of the molecule is Cc1cc(C)c(C(=O)O)c(Sc2nc(C)c(C)o2)n1. The highest BCUT2D eigenvalue weighted by Gasteiger charge is 2.19. The van der Waals surface area contributed by atoms with Gasteiger partial charge in [0.25, 0.3) is 5.22 Å². The van der Waals surface area contributed by atoms with Gasteiger partial charge in [0.05, 0.1) is 11.3 Å². The Kier molecular flexibility index (Phi) is 3.61. The van der Waals surface area contributed by atoms with Crippen LogP contribution in [0.3, 0.4) is 0 Å². The Morgan fingerprint density at radius 2 is 1.95 bits per heavy atom. The van der Waals surface area contributed by atoms with Crippen LogP contribution in [0.2, 0.25) is 0 Å². The lowest BCUT2D eigenvalue weighted by Crippen LogP contribution is -2.05. The van der Waals surface area contributed by atoms with E-state index in [4.69, 9.17) is 4.42 Å². The van der Waals surface area contributed by atoms with E-state index in [-0.39, 0.29) is 5.56 Å². The summed E-state index contributed by atoms with van der Waals surface area (Å²) in [6.07, 6.45) is 0. The second kappa shape index (κ2) is 5.05. The van der Waals surface area contributed by atoms with Gasteiger partial charge in [-0.05, 0) is 51.1 Å². The quantitative estimate of drug-likeness (QED) is 0.929. The minimum Gasteiger partial charge on any atom is -0.478 e. The maximum Gasteiger partial charge on any atom is 0.338 e. The van der Waals surface area contributed by atoms with Crippen molar-refractivity contribution in [2.24, 2.45) is 0 Å². The van der Waals surface area contributed by atoms with Crippen LogP contribution in [0.15, 0.2) is 20.7 Å². The van der Waals surface area contributed by atoms with Crippen molar-refractivity contribution in [1.29, 1.82) is 0 Å². The normalized spacial score (nSPS) is 10.7. The van der Waals surface area contributed by atoms with Gasteiger partial charge >= 0.3 is 5.97 Å². The molecule has 0 aliphatic rings. The molecule has 2 rings (SSSR count). The molecule has 0 fully saturated rings. The summed E-state index contributed by atoms with van der Waals surface area (Å²) in [6.45, 7) is 7.25. The van der Waals surface area contributed by atoms with Crippen LogP contribution in [0.25, 0.3) is 0 Å². The number of carbonyl (C=O) groups is 1. The number of rotatable bonds is 3. The van der Waals surface area contributed by atoms with Crippen LogP contribution in [0.5, 0.6) is 0 Å². The number of oxazole rings is 1. The molecule has 0 bridgehead atoms. The van der Waals surface area contributed by atoms with E-state index in [0.717, 1.165) is 28.9 Å². The summed E-state index contributed by atoms with van der Waals surface area (Å²) in [5, 5.41) is 10.1. The zero-order valence-corrected chi connectivity index (χ0v) is 12.0. The first-order chi connectivity index (χ1) is 8.88. The average molecular weight is 278 g/mol. The summed E-state index contributed by atoms with van der Waals surface area (Å²) in [4.78, 5) is 19.8. The Hall–Kier alpha value is -1.82. The number of carboxylic acid groups (broad SMARTS) is 1. The third-order valence-corrected chi connectivity index (χ3v) is 3.56. The zero-order valence-electron chi connectivity index (χ0n) is 11.1. The molecule has 0 unspecified atom stereocenters. The standard InChI is InChI=1S/C13H14N2O3S/c1-6-5-7(2)14-11(10(6)12(16)17)19-13-15-8(3)9(4)18-13/h5H,1-4H3,(H,16,17). The lowest BCUT2D eigenvalue weighted by molar-refractivity contribution is 0.0691. The maximum atomic E-state index is 11.3. The van der Waals surface area contributed by atoms with Crippen molar-refractivity contribution in [3.05, 3.63) is 34.3 Å². The molecule has 0 aliphatic heterocycles. The summed E-state index contributed by atoms with van der Waals surface area (Å²) in [7, 11) is 0. The smallest absolute Gasteiger partial charge is 0.338 e. The van der Waals surface area contributed by atoms with Gasteiger partial charge in [-0.1, -0.05) is 0 Å². The van der Waals surface area contributed by atoms with Crippen molar-refractivity contribution in [1.82, 2.24) is 9.97 Å². The Balaban J connectivity index is 2.46. The lowest BCUT2D eigenvalue weighted by atomic mass is 10.1. The fraction of sp³-hybridized carbons (Fsp3) is 0.308. The van der Waals surface area contributed by atoms with E-state index in [1.165, 1.54) is 0 Å². The Morgan fingerprint density at radius 1 is 1.26 bits per heavy atom. The molecule has 0 spiro atoms. The van der Waals surface area contributed by atoms with Gasteiger partial charge in [-0.2, -0.15) is 0 Å². The van der Waals surface area contributed by atoms with Gasteiger partial charge in [0.2, 0.25) is 0 Å². The first kappa shape index (κ1) is 13.6. The van der Waals surface area contributed by atoms with E-state index in [9.17, 15) is 9.90 Å². The molecule has 0 amide bonds. The molecule has 0 atom stereocenters. The van der Waals surface area contributed by atoms with E-state index in [1.807, 2.05) is 20.8 Å². The van der Waals surface area contributed by atoms with Crippen molar-refractivity contribution in [3.8, 4) is 0 Å². The summed E-state index contributed by atoms with van der Waals surface area (Å²) in [5.41, 5.74) is 2.44. The van der Waals surface area contributed by atoms with Crippen LogP contribution in [0.1, 0.15) is 33.1 Å². The highest BCUT2D eigenvalue weighted by molar-refractivity contribution is 7.99. The molecule has 5 nitrogen and oxygen atoms in total. The first-order valence-corrected chi connectivity index (χ1v) is 6.53. The molecule has 0 aliphatic carbocycles. The first-order valence-electron chi connectivity index (χ1n) is 5.72. The maximum absolute atomic E-state index is 11.3. The van der Waals surface area contributed by atoms with Gasteiger partial charge in [0.15, 0.2) is 0 Å². The van der Waals surface area contributed by atoms with Crippen LogP contribution < -0.4 is 0 Å². The van der Waals surface area contributed by atoms with E-state index in [2.05, 4.69) is 9.97 Å². The van der Waals surface area contributed by atoms with Crippen LogP contribution in [0, 0.1) is 27.7 Å². The van der Waals surface area contributed by atoms with Crippen molar-refractivity contribution < 1.29 is 14.3 Å². The molecule has 0 radical (unpaired) electrons. The van der Waals surface area contributed by atoms with Gasteiger partial charge < -0.3 is 9.52 Å². The highest BCUT2D eigenvalue weighted by Crippen LogP contribution is 2.31. The number of aromatic carboxylic acids is 1. The molecule has 2 aromatic rings. The van der Waals surface area contributed by atoms with Gasteiger partial charge in [-0.15, -0.1) is 0 Å². The third kappa shape index (κ3) is 2.78. The summed E-state index contributed by atoms with van der Waals surface area (Å²) in [5.74, 6) is -0.267. The lowest BCUT2D eigenvalue weighted by Gasteiger charge is -2.07. The van der Waals surface area contributed by atoms with E-state index in [1.54, 1.807) is 13.0 Å². The van der Waals surface area contributed by atoms with E-state index < -0.39 is 5.97 Å². The molecule has 2 heterocycles. The number of nitrogens with zero attached hydrogens (tertiary/aromatic N) is 2. The van der Waals surface area contributed by atoms with Crippen LogP contribution in [-0.2, 0) is 0 Å². The van der Waals surface area contributed by atoms with Crippen molar-refractivity contribution in [3.63, 3.8) is 0 Å². The molecule has 1 N–H and O–H groups in total. The molecular weight excluding hydrogens is 264 g/mol. The summed E-state index contributed by atoms with van der Waals surface area (Å²) < 4.78 is 5.45. The summed E-state index contributed by atoms with van der Waals surface area (Å²) in [6, 6.07) is 1.75. The van der Waals surface area contributed by atoms with Crippen molar-refractivity contribution >= 4 is 17.7 Å². The van der Waals surface area contributed by atoms with E-state index >= 15 is 0 Å². The van der Waals surface area contributed by atoms with Crippen molar-refractivity contribution in [2.75, 3.05) is 0 Å². The third-order valence-electron chi connectivity index (χ3n) is 2.72. The minimum atomic E-state index is -0.993. The molecule has 100 valence electrons. The number of aromatic nitrogens is 2. The monoisotopic (exact) mass is 278 g/mol. The number of carboxylic acids is 1. The second-order valence-electron chi connectivity index (χ2n) is 4.29. The zero-order chi connectivity index (χ0) is 14.2. The number of hydrogen-bond acceptors (Lipinski definition) is 5. The Morgan fingerprint density at radius 3 is 2.47 bits per heavy atom. The predicted octanol–water partition coefficient (Wildman–Crippen LogP) is 3.15. The molecular formula is C13H14N2O3S. The Labute approximate surface area is 115 Å². The van der Waals surface area contributed by atoms with E-state index in [0.29, 0.717) is 15.8 Å². The van der Waals surface area contributed by atoms with Gasteiger partial charge in [-0.25, -0.2) is 14.8 Å². The predicted molar refractivity (Wildman–Crippen MR) is 70.8 cm³/mol. The van der Waals surface area contributed by atoms with Gasteiger partial charge in [0, 0.05) is 5.69 Å². The topological polar surface area (TPSA) is 76.2 Å². The molecule has 0 aromatic carbocycles. The molecule has 6 heteroatoms. The fourth-order valence-corrected chi connectivity index (χ4v) is 2.76. The number of aryl methyl sites for hydroxylation is 4. The molecule has 19 heavy (non-hydrogen) atoms. The van der Waals surface area contributed by atoms with Gasteiger partial charge in [0.1, 0.15) is 10.8 Å². The van der Waals surface area contributed by atoms with Crippen LogP contribution >= 0.6 is 11.8 Å². The number of hydrogen-bond donors (Lipinski definition) is 1. The molecule has 0 saturated carbocycles. The fourth-order valence-electron chi connectivity index (χ4n) is 1.71. The highest BCUT2D eigenvalue weighted by atomic mass is 32.2. The second-order valence-corrected chi connectivity index (χ2v) is 5.23. The van der Waals surface area contributed by atoms with Crippen molar-refractivity contribution in [2.45, 2.75) is 37.9 Å². The van der Waals surface area contributed by atoms with Crippen LogP contribution in [-0.4, -0.2) is 21.0 Å². The average Bonchev–Trinajstić information content (AvgIpc) is 2.55. The van der Waals surface area contributed by atoms with Crippen LogP contribution in [0.4, 0.5) is 0 Å². The molecule has 0 saturated heterocycles.